The van der Waals surface area contributed by atoms with Crippen LogP contribution in [0.5, 0.6) is 0 Å². The van der Waals surface area contributed by atoms with Crippen LogP contribution in [0.1, 0.15) is 0 Å². The fourth-order valence-electron chi connectivity index (χ4n) is 0.876. The number of aliphatic imine (C=N–C) groups is 1. The second kappa shape index (κ2) is 3.61. The van der Waals surface area contributed by atoms with Crippen LogP contribution in [0.25, 0.3) is 0 Å². The first kappa shape index (κ1) is 11.6. The second-order valence-electron chi connectivity index (χ2n) is 2.55. The molecule has 1 unspecified atom stereocenters. The number of hydrogen-bond donors (Lipinski definition) is 0. The molecule has 5 nitrogen and oxygen atoms in total. The van der Waals surface area contributed by atoms with E-state index in [4.69, 9.17) is 11.6 Å². The van der Waals surface area contributed by atoms with Crippen LogP contribution in [0.3, 0.4) is 0 Å². The molecule has 1 aliphatic rings. The summed E-state index contributed by atoms with van der Waals surface area (Å²) in [6.07, 6.45) is -4.58. The van der Waals surface area contributed by atoms with Gasteiger partial charge < -0.3 is 0 Å². The molecule has 0 N–H and O–H groups in total. The molecule has 0 saturated carbocycles. The van der Waals surface area contributed by atoms with E-state index >= 15 is 0 Å². The first-order chi connectivity index (χ1) is 6.73. The predicted molar refractivity (Wildman–Crippen MR) is 43.2 cm³/mol. The molecule has 0 saturated heterocycles. The lowest BCUT2D eigenvalue weighted by Gasteiger charge is -2.13. The Morgan fingerprint density at radius 3 is 2.40 bits per heavy atom. The Balaban J connectivity index is 3.11. The number of alkyl halides is 3. The van der Waals surface area contributed by atoms with Crippen LogP contribution in [0.15, 0.2) is 16.1 Å². The Hall–Kier alpha value is -1.44. The molecule has 0 aromatic rings. The topological polar surface area (TPSA) is 72.6 Å². The maximum absolute atomic E-state index is 12.1. The van der Waals surface area contributed by atoms with Gasteiger partial charge in [0.15, 0.2) is 0 Å². The molecule has 0 aromatic heterocycles. The van der Waals surface area contributed by atoms with Gasteiger partial charge in [0.1, 0.15) is 10.7 Å². The SMILES string of the molecule is O=C1N=C(C(F)(F)F)C=C(Cl)C1[N+](=O)[O-]. The van der Waals surface area contributed by atoms with Crippen molar-refractivity contribution in [2.24, 2.45) is 4.99 Å². The van der Waals surface area contributed by atoms with Gasteiger partial charge in [0.25, 0.3) is 0 Å². The fourth-order valence-corrected chi connectivity index (χ4v) is 1.15. The molecule has 0 aromatic carbocycles. The highest BCUT2D eigenvalue weighted by molar-refractivity contribution is 6.35. The molecule has 0 aliphatic carbocycles. The number of carbonyl (C=O) groups excluding carboxylic acids is 1. The number of halogens is 4. The molecule has 82 valence electrons. The number of dihydropyridines is 1. The lowest BCUT2D eigenvalue weighted by molar-refractivity contribution is -0.496. The maximum Gasteiger partial charge on any atom is 0.433 e. The normalized spacial score (nSPS) is 22.1. The molecule has 0 fully saturated rings. The number of hydrogen-bond acceptors (Lipinski definition) is 3. The first-order valence-corrected chi connectivity index (χ1v) is 3.81. The van der Waals surface area contributed by atoms with Crippen molar-refractivity contribution in [2.75, 3.05) is 0 Å². The number of nitro groups is 1. The summed E-state index contributed by atoms with van der Waals surface area (Å²) in [5, 5.41) is 9.44. The summed E-state index contributed by atoms with van der Waals surface area (Å²) in [5.41, 5.74) is -1.53. The molecular weight excluding hydrogens is 241 g/mol. The molecule has 0 spiro atoms. The standard InChI is InChI=1S/C6H2ClF3N2O3/c7-2-1-3(6(8,9)10)11-5(13)4(2)12(14)15/h1,4H. The lowest BCUT2D eigenvalue weighted by atomic mass is 10.1. The minimum Gasteiger partial charge on any atom is -0.264 e. The van der Waals surface area contributed by atoms with Crippen LogP contribution in [0.2, 0.25) is 0 Å². The molecular formula is C6H2ClF3N2O3. The van der Waals surface area contributed by atoms with Gasteiger partial charge in [-0.05, 0) is 6.08 Å². The van der Waals surface area contributed by atoms with E-state index < -0.39 is 33.8 Å². The Labute approximate surface area is 85.4 Å². The Morgan fingerprint density at radius 2 is 2.07 bits per heavy atom. The molecule has 1 amide bonds. The van der Waals surface area contributed by atoms with Crippen molar-refractivity contribution < 1.29 is 22.9 Å². The number of allylic oxidation sites excluding steroid dienone is 1. The highest BCUT2D eigenvalue weighted by atomic mass is 35.5. The zero-order valence-electron chi connectivity index (χ0n) is 6.79. The van der Waals surface area contributed by atoms with E-state index in [0.29, 0.717) is 0 Å². The molecule has 1 aliphatic heterocycles. The summed E-state index contributed by atoms with van der Waals surface area (Å²) >= 11 is 5.19. The Kier molecular flexibility index (Phi) is 2.80. The smallest absolute Gasteiger partial charge is 0.264 e. The van der Waals surface area contributed by atoms with Gasteiger partial charge in [0.2, 0.25) is 0 Å². The average molecular weight is 243 g/mol. The van der Waals surface area contributed by atoms with Gasteiger partial charge in [-0.2, -0.15) is 13.2 Å². The molecule has 0 bridgehead atoms. The van der Waals surface area contributed by atoms with Crippen LogP contribution >= 0.6 is 11.6 Å². The van der Waals surface area contributed by atoms with Gasteiger partial charge in [-0.15, -0.1) is 0 Å². The van der Waals surface area contributed by atoms with E-state index in [2.05, 4.69) is 4.99 Å². The van der Waals surface area contributed by atoms with Crippen molar-refractivity contribution in [3.8, 4) is 0 Å². The van der Waals surface area contributed by atoms with Crippen molar-refractivity contribution in [3.63, 3.8) is 0 Å². The van der Waals surface area contributed by atoms with E-state index in [1.807, 2.05) is 0 Å². The van der Waals surface area contributed by atoms with E-state index in [9.17, 15) is 28.1 Å². The maximum atomic E-state index is 12.1. The van der Waals surface area contributed by atoms with E-state index in [-0.39, 0.29) is 6.08 Å². The van der Waals surface area contributed by atoms with E-state index in [0.717, 1.165) is 0 Å². The highest BCUT2D eigenvalue weighted by Gasteiger charge is 2.43. The zero-order chi connectivity index (χ0) is 11.8. The number of nitrogens with zero attached hydrogens (tertiary/aromatic N) is 2. The third kappa shape index (κ3) is 2.32. The third-order valence-electron chi connectivity index (χ3n) is 1.50. The summed E-state index contributed by atoms with van der Waals surface area (Å²) < 4.78 is 36.2. The van der Waals surface area contributed by atoms with E-state index in [1.54, 1.807) is 0 Å². The van der Waals surface area contributed by atoms with Gasteiger partial charge in [-0.3, -0.25) is 14.9 Å². The summed E-state index contributed by atoms with van der Waals surface area (Å²) in [7, 11) is 0. The molecule has 1 atom stereocenters. The molecule has 0 radical (unpaired) electrons. The second-order valence-corrected chi connectivity index (χ2v) is 2.99. The highest BCUT2D eigenvalue weighted by Crippen LogP contribution is 2.25. The average Bonchev–Trinajstić information content (AvgIpc) is 1.99. The number of carbonyl (C=O) groups is 1. The van der Waals surface area contributed by atoms with Crippen LogP contribution in [0, 0.1) is 10.1 Å². The van der Waals surface area contributed by atoms with Crippen molar-refractivity contribution in [2.45, 2.75) is 12.2 Å². The summed E-state index contributed by atoms with van der Waals surface area (Å²) in [6, 6.07) is -2.03. The van der Waals surface area contributed by atoms with Gasteiger partial charge in [0.05, 0.1) is 0 Å². The van der Waals surface area contributed by atoms with Crippen molar-refractivity contribution >= 4 is 23.2 Å². The van der Waals surface area contributed by atoms with Gasteiger partial charge in [-0.1, -0.05) is 11.6 Å². The third-order valence-corrected chi connectivity index (χ3v) is 1.82. The monoisotopic (exact) mass is 242 g/mol. The minimum atomic E-state index is -4.85. The summed E-state index contributed by atoms with van der Waals surface area (Å²) in [5.74, 6) is -1.53. The number of rotatable bonds is 1. The molecule has 1 heterocycles. The zero-order valence-corrected chi connectivity index (χ0v) is 7.54. The van der Waals surface area contributed by atoms with Crippen LogP contribution in [0.4, 0.5) is 13.2 Å². The first-order valence-electron chi connectivity index (χ1n) is 3.44. The largest absolute Gasteiger partial charge is 0.433 e. The number of amides is 1. The van der Waals surface area contributed by atoms with Crippen molar-refractivity contribution in [1.82, 2.24) is 0 Å². The van der Waals surface area contributed by atoms with Gasteiger partial charge >= 0.3 is 18.1 Å². The minimum absolute atomic E-state index is 0.274. The van der Waals surface area contributed by atoms with Crippen molar-refractivity contribution in [1.29, 1.82) is 0 Å². The quantitative estimate of drug-likeness (QED) is 0.514. The fraction of sp³-hybridized carbons (Fsp3) is 0.333. The van der Waals surface area contributed by atoms with Gasteiger partial charge in [0, 0.05) is 4.92 Å². The van der Waals surface area contributed by atoms with Crippen LogP contribution < -0.4 is 0 Å². The molecule has 1 rings (SSSR count). The van der Waals surface area contributed by atoms with Crippen LogP contribution in [-0.4, -0.2) is 28.8 Å². The van der Waals surface area contributed by atoms with Crippen molar-refractivity contribution in [3.05, 3.63) is 21.2 Å². The predicted octanol–water partition coefficient (Wildman–Crippen LogP) is 1.30. The van der Waals surface area contributed by atoms with E-state index in [1.165, 1.54) is 0 Å². The molecule has 9 heteroatoms. The summed E-state index contributed by atoms with van der Waals surface area (Å²) in [4.78, 5) is 22.5. The lowest BCUT2D eigenvalue weighted by Crippen LogP contribution is -2.36. The van der Waals surface area contributed by atoms with Gasteiger partial charge in [-0.25, -0.2) is 4.99 Å². The van der Waals surface area contributed by atoms with Crippen LogP contribution in [-0.2, 0) is 4.79 Å². The Morgan fingerprint density at radius 1 is 1.53 bits per heavy atom. The molecule has 15 heavy (non-hydrogen) atoms. The Bertz CT molecular complexity index is 388. The summed E-state index contributed by atoms with van der Waals surface area (Å²) in [6.45, 7) is 0.